The highest BCUT2D eigenvalue weighted by molar-refractivity contribution is 9.10. The molecule has 1 atom stereocenters. The Morgan fingerprint density at radius 2 is 2.31 bits per heavy atom. The molecule has 0 aliphatic carbocycles. The Balaban J connectivity index is 3.31. The van der Waals surface area contributed by atoms with E-state index in [4.69, 9.17) is 10.00 Å². The van der Waals surface area contributed by atoms with Crippen molar-refractivity contribution in [2.45, 2.75) is 18.7 Å². The maximum atomic E-state index is 11.9. The van der Waals surface area contributed by atoms with E-state index in [1.807, 2.05) is 13.0 Å². The molecule has 0 saturated carbocycles. The molecule has 1 aromatic carbocycles. The third kappa shape index (κ3) is 2.61. The topological polar surface area (TPSA) is 50.1 Å². The van der Waals surface area contributed by atoms with Crippen LogP contribution in [0, 0.1) is 11.3 Å². The van der Waals surface area contributed by atoms with Gasteiger partial charge in [-0.3, -0.25) is 4.79 Å². The summed E-state index contributed by atoms with van der Waals surface area (Å²) < 4.78 is 5.36. The molecular formula is C12H12BrNO2. The number of rotatable bonds is 4. The first kappa shape index (κ1) is 12.7. The van der Waals surface area contributed by atoms with Gasteiger partial charge in [0.2, 0.25) is 0 Å². The number of carbonyl (C=O) groups excluding carboxylic acids is 1. The van der Waals surface area contributed by atoms with Crippen molar-refractivity contribution in [1.29, 1.82) is 5.26 Å². The minimum atomic E-state index is -0.332. The van der Waals surface area contributed by atoms with E-state index in [1.165, 1.54) is 0 Å². The number of hydrogen-bond acceptors (Lipinski definition) is 3. The Morgan fingerprint density at radius 1 is 1.62 bits per heavy atom. The Kier molecular flexibility index (Phi) is 4.51. The summed E-state index contributed by atoms with van der Waals surface area (Å²) >= 11 is 3.21. The van der Waals surface area contributed by atoms with Crippen molar-refractivity contribution in [3.63, 3.8) is 0 Å². The van der Waals surface area contributed by atoms with Crippen LogP contribution in [0.5, 0.6) is 5.75 Å². The first-order valence-electron chi connectivity index (χ1n) is 4.96. The molecule has 0 aliphatic heterocycles. The van der Waals surface area contributed by atoms with E-state index in [0.29, 0.717) is 23.5 Å². The minimum Gasteiger partial charge on any atom is -0.493 e. The van der Waals surface area contributed by atoms with Crippen LogP contribution in [0.15, 0.2) is 18.2 Å². The number of nitrogens with zero attached hydrogens (tertiary/aromatic N) is 1. The van der Waals surface area contributed by atoms with Gasteiger partial charge in [0.15, 0.2) is 5.78 Å². The van der Waals surface area contributed by atoms with E-state index in [-0.39, 0.29) is 10.6 Å². The fourth-order valence-corrected chi connectivity index (χ4v) is 1.58. The largest absolute Gasteiger partial charge is 0.493 e. The average Bonchev–Trinajstić information content (AvgIpc) is 2.28. The third-order valence-corrected chi connectivity index (χ3v) is 2.47. The highest BCUT2D eigenvalue weighted by Crippen LogP contribution is 2.25. The van der Waals surface area contributed by atoms with Crippen molar-refractivity contribution in [3.05, 3.63) is 29.3 Å². The van der Waals surface area contributed by atoms with Crippen LogP contribution in [0.1, 0.15) is 29.8 Å². The van der Waals surface area contributed by atoms with Crippen LogP contribution in [-0.2, 0) is 0 Å². The Morgan fingerprint density at radius 3 is 2.81 bits per heavy atom. The van der Waals surface area contributed by atoms with Gasteiger partial charge in [-0.15, -0.1) is 0 Å². The van der Waals surface area contributed by atoms with E-state index in [1.54, 1.807) is 25.1 Å². The molecule has 0 heterocycles. The lowest BCUT2D eigenvalue weighted by Gasteiger charge is -2.11. The predicted molar refractivity (Wildman–Crippen MR) is 65.0 cm³/mol. The van der Waals surface area contributed by atoms with Gasteiger partial charge in [0.25, 0.3) is 0 Å². The van der Waals surface area contributed by atoms with Gasteiger partial charge < -0.3 is 4.74 Å². The van der Waals surface area contributed by atoms with Crippen LogP contribution in [0.2, 0.25) is 0 Å². The highest BCUT2D eigenvalue weighted by Gasteiger charge is 2.20. The summed E-state index contributed by atoms with van der Waals surface area (Å²) in [6, 6.07) is 7.03. The second-order valence-electron chi connectivity index (χ2n) is 3.20. The molecule has 0 aliphatic rings. The molecule has 0 aromatic heterocycles. The molecule has 0 saturated heterocycles. The van der Waals surface area contributed by atoms with Crippen molar-refractivity contribution in [2.24, 2.45) is 0 Å². The second-order valence-corrected chi connectivity index (χ2v) is 4.58. The molecule has 0 fully saturated rings. The molecule has 0 radical (unpaired) electrons. The molecule has 0 amide bonds. The number of ether oxygens (including phenoxy) is 1. The van der Waals surface area contributed by atoms with E-state index in [9.17, 15) is 4.79 Å². The van der Waals surface area contributed by atoms with Gasteiger partial charge in [0.1, 0.15) is 11.8 Å². The second kappa shape index (κ2) is 5.66. The Bertz CT molecular complexity index is 435. The molecular weight excluding hydrogens is 270 g/mol. The molecule has 1 unspecified atom stereocenters. The zero-order valence-corrected chi connectivity index (χ0v) is 10.7. The normalized spacial score (nSPS) is 11.6. The quantitative estimate of drug-likeness (QED) is 0.630. The summed E-state index contributed by atoms with van der Waals surface area (Å²) in [6.07, 6.45) is 0. The maximum absolute atomic E-state index is 11.9. The fourth-order valence-electron chi connectivity index (χ4n) is 1.35. The van der Waals surface area contributed by atoms with Crippen LogP contribution in [0.4, 0.5) is 0 Å². The number of alkyl halides is 1. The predicted octanol–water partition coefficient (Wildman–Crippen LogP) is 2.92. The molecule has 0 spiro atoms. The van der Waals surface area contributed by atoms with Gasteiger partial charge in [-0.1, -0.05) is 22.0 Å². The van der Waals surface area contributed by atoms with Gasteiger partial charge in [-0.05, 0) is 26.0 Å². The molecule has 0 bridgehead atoms. The van der Waals surface area contributed by atoms with E-state index < -0.39 is 0 Å². The molecule has 1 rings (SSSR count). The van der Waals surface area contributed by atoms with Crippen LogP contribution < -0.4 is 4.74 Å². The maximum Gasteiger partial charge on any atom is 0.181 e. The molecule has 1 aromatic rings. The number of benzene rings is 1. The molecule has 4 heteroatoms. The van der Waals surface area contributed by atoms with Crippen molar-refractivity contribution >= 4 is 21.7 Å². The summed E-state index contributed by atoms with van der Waals surface area (Å²) in [5.41, 5.74) is 0.707. The lowest BCUT2D eigenvalue weighted by molar-refractivity contribution is 0.0992. The van der Waals surface area contributed by atoms with E-state index in [0.717, 1.165) is 0 Å². The first-order valence-corrected chi connectivity index (χ1v) is 5.87. The van der Waals surface area contributed by atoms with Gasteiger partial charge in [-0.25, -0.2) is 0 Å². The van der Waals surface area contributed by atoms with Crippen LogP contribution in [0.25, 0.3) is 0 Å². The smallest absolute Gasteiger partial charge is 0.181 e. The molecule has 16 heavy (non-hydrogen) atoms. The zero-order chi connectivity index (χ0) is 12.1. The van der Waals surface area contributed by atoms with Crippen molar-refractivity contribution in [2.75, 3.05) is 6.61 Å². The Hall–Kier alpha value is -1.34. The number of nitriles is 1. The minimum absolute atomic E-state index is 0.138. The molecule has 84 valence electrons. The summed E-state index contributed by atoms with van der Waals surface area (Å²) in [5.74, 6) is 0.332. The van der Waals surface area contributed by atoms with Crippen LogP contribution in [-0.4, -0.2) is 17.2 Å². The molecule has 0 N–H and O–H groups in total. The SMILES string of the molecule is CCOc1cccc(C#N)c1C(=O)C(C)Br. The average molecular weight is 282 g/mol. The van der Waals surface area contributed by atoms with Crippen LogP contribution >= 0.6 is 15.9 Å². The van der Waals surface area contributed by atoms with Crippen molar-refractivity contribution < 1.29 is 9.53 Å². The highest BCUT2D eigenvalue weighted by atomic mass is 79.9. The summed E-state index contributed by atoms with van der Waals surface area (Å²) in [5, 5.41) is 8.97. The van der Waals surface area contributed by atoms with Crippen molar-refractivity contribution in [1.82, 2.24) is 0 Å². The lowest BCUT2D eigenvalue weighted by atomic mass is 10.0. The summed E-state index contributed by atoms with van der Waals surface area (Å²) in [6.45, 7) is 4.03. The number of hydrogen-bond donors (Lipinski definition) is 0. The van der Waals surface area contributed by atoms with Crippen molar-refractivity contribution in [3.8, 4) is 11.8 Å². The first-order chi connectivity index (χ1) is 7.61. The summed E-state index contributed by atoms with van der Waals surface area (Å²) in [4.78, 5) is 11.6. The van der Waals surface area contributed by atoms with Gasteiger partial charge in [0, 0.05) is 0 Å². The van der Waals surface area contributed by atoms with Gasteiger partial charge >= 0.3 is 0 Å². The fraction of sp³-hybridized carbons (Fsp3) is 0.333. The lowest BCUT2D eigenvalue weighted by Crippen LogP contribution is -2.14. The van der Waals surface area contributed by atoms with E-state index >= 15 is 0 Å². The van der Waals surface area contributed by atoms with Gasteiger partial charge in [-0.2, -0.15) is 5.26 Å². The number of Topliss-reactive ketones (excluding diaryl/α,β-unsaturated/α-hetero) is 1. The van der Waals surface area contributed by atoms with E-state index in [2.05, 4.69) is 15.9 Å². The van der Waals surface area contributed by atoms with Gasteiger partial charge in [0.05, 0.1) is 22.6 Å². The number of ketones is 1. The number of carbonyl (C=O) groups is 1. The third-order valence-electron chi connectivity index (χ3n) is 2.05. The standard InChI is InChI=1S/C12H12BrNO2/c1-3-16-10-6-4-5-9(7-14)11(10)12(15)8(2)13/h4-6,8H,3H2,1-2H3. The Labute approximate surface area is 103 Å². The summed E-state index contributed by atoms with van der Waals surface area (Å²) in [7, 11) is 0. The van der Waals surface area contributed by atoms with Crippen LogP contribution in [0.3, 0.4) is 0 Å². The molecule has 3 nitrogen and oxygen atoms in total. The number of halogens is 1. The zero-order valence-electron chi connectivity index (χ0n) is 9.16. The monoisotopic (exact) mass is 281 g/mol.